The molecule has 0 fully saturated rings. The van der Waals surface area contributed by atoms with Crippen LogP contribution in [0, 0.1) is 0 Å². The minimum Gasteiger partial charge on any atom is -0.406 e. The molecule has 2 aromatic carbocycles. The highest BCUT2D eigenvalue weighted by molar-refractivity contribution is 5.59. The SMILES string of the molecule is OCC(O)C(c1ccc(OC(F)(F)F)cc1)N1CCc2ccccc21. The molecule has 7 heteroatoms. The summed E-state index contributed by atoms with van der Waals surface area (Å²) in [6.07, 6.45) is -5.01. The molecule has 3 rings (SSSR count). The molecule has 0 saturated carbocycles. The number of fused-ring (bicyclic) bond motifs is 1. The van der Waals surface area contributed by atoms with Gasteiger partial charge in [-0.2, -0.15) is 0 Å². The van der Waals surface area contributed by atoms with E-state index in [0.717, 1.165) is 17.7 Å². The van der Waals surface area contributed by atoms with Crippen LogP contribution in [0.4, 0.5) is 18.9 Å². The van der Waals surface area contributed by atoms with Gasteiger partial charge in [-0.3, -0.25) is 0 Å². The Labute approximate surface area is 143 Å². The summed E-state index contributed by atoms with van der Waals surface area (Å²) < 4.78 is 40.8. The van der Waals surface area contributed by atoms with Crippen molar-refractivity contribution in [1.29, 1.82) is 0 Å². The van der Waals surface area contributed by atoms with Gasteiger partial charge in [0.15, 0.2) is 0 Å². The van der Waals surface area contributed by atoms with Gasteiger partial charge in [-0.1, -0.05) is 30.3 Å². The molecule has 0 bridgehead atoms. The molecular weight excluding hydrogens is 335 g/mol. The van der Waals surface area contributed by atoms with Crippen LogP contribution in [0.5, 0.6) is 5.75 Å². The summed E-state index contributed by atoms with van der Waals surface area (Å²) in [6, 6.07) is 12.6. The third-order valence-electron chi connectivity index (χ3n) is 4.27. The van der Waals surface area contributed by atoms with Gasteiger partial charge >= 0.3 is 6.36 Å². The summed E-state index contributed by atoms with van der Waals surface area (Å²) in [7, 11) is 0. The maximum Gasteiger partial charge on any atom is 0.573 e. The van der Waals surface area contributed by atoms with Crippen LogP contribution >= 0.6 is 0 Å². The Kier molecular flexibility index (Phi) is 4.87. The second kappa shape index (κ2) is 6.93. The molecule has 2 N–H and O–H groups in total. The molecule has 25 heavy (non-hydrogen) atoms. The first-order valence-electron chi connectivity index (χ1n) is 7.88. The molecule has 0 amide bonds. The monoisotopic (exact) mass is 353 g/mol. The van der Waals surface area contributed by atoms with Gasteiger partial charge in [0.25, 0.3) is 0 Å². The molecule has 1 heterocycles. The fourth-order valence-corrected chi connectivity index (χ4v) is 3.23. The molecule has 134 valence electrons. The summed E-state index contributed by atoms with van der Waals surface area (Å²) in [5, 5.41) is 19.7. The quantitative estimate of drug-likeness (QED) is 0.868. The molecule has 0 saturated heterocycles. The molecule has 2 unspecified atom stereocenters. The van der Waals surface area contributed by atoms with Crippen LogP contribution in [-0.4, -0.2) is 35.8 Å². The van der Waals surface area contributed by atoms with Gasteiger partial charge in [0, 0.05) is 12.2 Å². The highest BCUT2D eigenvalue weighted by Gasteiger charge is 2.33. The maximum atomic E-state index is 12.3. The Hall–Kier alpha value is -2.25. The number of aliphatic hydroxyl groups is 2. The number of alkyl halides is 3. The summed E-state index contributed by atoms with van der Waals surface area (Å²) in [5.74, 6) is -0.324. The number of nitrogens with zero attached hydrogens (tertiary/aromatic N) is 1. The van der Waals surface area contributed by atoms with Gasteiger partial charge in [-0.25, -0.2) is 0 Å². The lowest BCUT2D eigenvalue weighted by Crippen LogP contribution is -2.37. The first-order chi connectivity index (χ1) is 11.9. The minimum atomic E-state index is -4.75. The molecule has 2 aromatic rings. The molecule has 1 aliphatic rings. The highest BCUT2D eigenvalue weighted by atomic mass is 19.4. The molecule has 0 radical (unpaired) electrons. The van der Waals surface area contributed by atoms with Crippen molar-refractivity contribution in [3.8, 4) is 5.75 Å². The Morgan fingerprint density at radius 2 is 1.76 bits per heavy atom. The van der Waals surface area contributed by atoms with Crippen LogP contribution in [0.3, 0.4) is 0 Å². The molecular formula is C18H18F3NO3. The van der Waals surface area contributed by atoms with E-state index >= 15 is 0 Å². The van der Waals surface area contributed by atoms with E-state index in [2.05, 4.69) is 4.74 Å². The van der Waals surface area contributed by atoms with Crippen molar-refractivity contribution in [1.82, 2.24) is 0 Å². The third kappa shape index (κ3) is 3.88. The van der Waals surface area contributed by atoms with Crippen molar-refractivity contribution < 1.29 is 28.1 Å². The number of para-hydroxylation sites is 1. The van der Waals surface area contributed by atoms with E-state index in [1.54, 1.807) is 0 Å². The molecule has 0 aliphatic carbocycles. The summed E-state index contributed by atoms with van der Waals surface area (Å²) >= 11 is 0. The first kappa shape index (κ1) is 17.6. The number of halogens is 3. The zero-order chi connectivity index (χ0) is 18.0. The van der Waals surface area contributed by atoms with E-state index < -0.39 is 25.1 Å². The standard InChI is InChI=1S/C18H18F3NO3/c19-18(20,21)25-14-7-5-13(6-8-14)17(16(24)11-23)22-10-9-12-3-1-2-4-15(12)22/h1-8,16-17,23-24H,9-11H2. The molecule has 2 atom stereocenters. The lowest BCUT2D eigenvalue weighted by molar-refractivity contribution is -0.274. The van der Waals surface area contributed by atoms with E-state index in [0.29, 0.717) is 12.1 Å². The van der Waals surface area contributed by atoms with Gasteiger partial charge in [-0.05, 0) is 35.7 Å². The van der Waals surface area contributed by atoms with Crippen molar-refractivity contribution >= 4 is 5.69 Å². The van der Waals surface area contributed by atoms with Crippen LogP contribution in [0.1, 0.15) is 17.2 Å². The highest BCUT2D eigenvalue weighted by Crippen LogP contribution is 2.37. The van der Waals surface area contributed by atoms with Gasteiger partial charge in [0.05, 0.1) is 12.6 Å². The fourth-order valence-electron chi connectivity index (χ4n) is 3.23. The predicted molar refractivity (Wildman–Crippen MR) is 86.5 cm³/mol. The number of rotatable bonds is 5. The average Bonchev–Trinajstić information content (AvgIpc) is 2.99. The van der Waals surface area contributed by atoms with Crippen LogP contribution in [0.15, 0.2) is 48.5 Å². The first-order valence-corrected chi connectivity index (χ1v) is 7.88. The molecule has 1 aliphatic heterocycles. The van der Waals surface area contributed by atoms with E-state index in [1.165, 1.54) is 24.3 Å². The lowest BCUT2D eigenvalue weighted by atomic mass is 9.99. The van der Waals surface area contributed by atoms with Crippen molar-refractivity contribution in [3.05, 3.63) is 59.7 Å². The number of hydrogen-bond donors (Lipinski definition) is 2. The fraction of sp³-hybridized carbons (Fsp3) is 0.333. The van der Waals surface area contributed by atoms with Crippen molar-refractivity contribution in [2.75, 3.05) is 18.1 Å². The molecule has 4 nitrogen and oxygen atoms in total. The number of anilines is 1. The summed E-state index contributed by atoms with van der Waals surface area (Å²) in [5.41, 5.74) is 2.69. The maximum absolute atomic E-state index is 12.3. The van der Waals surface area contributed by atoms with Crippen LogP contribution in [0.25, 0.3) is 0 Å². The molecule has 0 spiro atoms. The Morgan fingerprint density at radius 3 is 2.40 bits per heavy atom. The molecule has 0 aromatic heterocycles. The van der Waals surface area contributed by atoms with Gasteiger partial charge in [-0.15, -0.1) is 13.2 Å². The Bertz CT molecular complexity index is 718. The average molecular weight is 353 g/mol. The zero-order valence-electron chi connectivity index (χ0n) is 13.3. The van der Waals surface area contributed by atoms with Gasteiger partial charge < -0.3 is 19.8 Å². The number of ether oxygens (including phenoxy) is 1. The lowest BCUT2D eigenvalue weighted by Gasteiger charge is -2.33. The minimum absolute atomic E-state index is 0.324. The van der Waals surface area contributed by atoms with Crippen molar-refractivity contribution in [3.63, 3.8) is 0 Å². The second-order valence-electron chi connectivity index (χ2n) is 5.88. The van der Waals surface area contributed by atoms with Crippen LogP contribution in [-0.2, 0) is 6.42 Å². The van der Waals surface area contributed by atoms with E-state index in [-0.39, 0.29) is 5.75 Å². The van der Waals surface area contributed by atoms with Crippen molar-refractivity contribution in [2.24, 2.45) is 0 Å². The predicted octanol–water partition coefficient (Wildman–Crippen LogP) is 3.04. The summed E-state index contributed by atoms with van der Waals surface area (Å²) in [6.45, 7) is 0.200. The van der Waals surface area contributed by atoms with Crippen molar-refractivity contribution in [2.45, 2.75) is 24.9 Å². The van der Waals surface area contributed by atoms with E-state index in [4.69, 9.17) is 0 Å². The van der Waals surface area contributed by atoms with E-state index in [1.807, 2.05) is 29.2 Å². The number of hydrogen-bond acceptors (Lipinski definition) is 4. The summed E-state index contributed by atoms with van der Waals surface area (Å²) in [4.78, 5) is 1.97. The topological polar surface area (TPSA) is 52.9 Å². The second-order valence-corrected chi connectivity index (χ2v) is 5.88. The van der Waals surface area contributed by atoms with Crippen LogP contribution < -0.4 is 9.64 Å². The Balaban J connectivity index is 1.90. The smallest absolute Gasteiger partial charge is 0.406 e. The Morgan fingerprint density at radius 1 is 1.08 bits per heavy atom. The zero-order valence-corrected chi connectivity index (χ0v) is 13.3. The third-order valence-corrected chi connectivity index (χ3v) is 4.27. The largest absolute Gasteiger partial charge is 0.573 e. The van der Waals surface area contributed by atoms with Gasteiger partial charge in [0.1, 0.15) is 11.9 Å². The van der Waals surface area contributed by atoms with Crippen LogP contribution in [0.2, 0.25) is 0 Å². The number of aliphatic hydroxyl groups excluding tert-OH is 2. The number of benzene rings is 2. The van der Waals surface area contributed by atoms with E-state index in [9.17, 15) is 23.4 Å². The normalized spacial score (nSPS) is 16.4. The van der Waals surface area contributed by atoms with Gasteiger partial charge in [0.2, 0.25) is 0 Å².